The molecule has 0 aliphatic carbocycles. The van der Waals surface area contributed by atoms with Crippen molar-refractivity contribution in [1.82, 2.24) is 9.97 Å². The summed E-state index contributed by atoms with van der Waals surface area (Å²) in [5, 5.41) is 24.8. The van der Waals surface area contributed by atoms with Gasteiger partial charge < -0.3 is 20.2 Å². The third kappa shape index (κ3) is 4.47. The Balaban J connectivity index is 2.74. The molecule has 0 bridgehead atoms. The number of hydrogen-bond acceptors (Lipinski definition) is 8. The summed E-state index contributed by atoms with van der Waals surface area (Å²) in [4.78, 5) is 7.79. The molecule has 1 heterocycles. The van der Waals surface area contributed by atoms with Crippen LogP contribution < -0.4 is 10.1 Å². The molecule has 20 heavy (non-hydrogen) atoms. The lowest BCUT2D eigenvalue weighted by atomic mass is 10.3. The number of rotatable bonds is 6. The van der Waals surface area contributed by atoms with Crippen LogP contribution in [0.5, 0.6) is 5.88 Å². The Morgan fingerprint density at radius 3 is 2.65 bits per heavy atom. The molecule has 4 N–H and O–H groups in total. The molecule has 0 saturated carbocycles. The minimum atomic E-state index is -0.0393. The molecule has 1 rings (SSSR count). The zero-order valence-corrected chi connectivity index (χ0v) is 11.8. The number of hydrogen-bond donors (Lipinski definition) is 4. The van der Waals surface area contributed by atoms with E-state index < -0.39 is 0 Å². The van der Waals surface area contributed by atoms with E-state index in [9.17, 15) is 0 Å². The van der Waals surface area contributed by atoms with Gasteiger partial charge in [-0.15, -0.1) is 0 Å². The summed E-state index contributed by atoms with van der Waals surface area (Å²) in [5.41, 5.74) is 0.712. The van der Waals surface area contributed by atoms with Crippen LogP contribution in [-0.4, -0.2) is 41.6 Å². The summed E-state index contributed by atoms with van der Waals surface area (Å²) in [6.45, 7) is 1.79. The van der Waals surface area contributed by atoms with Crippen molar-refractivity contribution in [2.24, 2.45) is 0 Å². The van der Waals surface area contributed by atoms with Crippen molar-refractivity contribution in [3.05, 3.63) is 11.0 Å². The van der Waals surface area contributed by atoms with Gasteiger partial charge in [-0.3, -0.25) is 10.8 Å². The normalized spacial score (nSPS) is 9.75. The zero-order chi connectivity index (χ0) is 15.1. The highest BCUT2D eigenvalue weighted by Gasteiger charge is 2.13. The Labute approximate surface area is 121 Å². The monoisotopic (exact) mass is 298 g/mol. The number of anilines is 1. The largest absolute Gasteiger partial charge is 0.479 e. The van der Waals surface area contributed by atoms with Gasteiger partial charge in [-0.05, 0) is 11.6 Å². The predicted molar refractivity (Wildman–Crippen MR) is 76.8 cm³/mol. The van der Waals surface area contributed by atoms with Crippen molar-refractivity contribution in [1.29, 1.82) is 16.2 Å². The standard InChI is InChI=1S/C11H15ClN6O2/c1-6(14)20-8(15)3-4-16-9-7(5-13)17-11(12)18-10(9)19-2/h5,13-16H,3-4H2,1-2H3. The molecule has 0 spiro atoms. The van der Waals surface area contributed by atoms with Crippen LogP contribution in [-0.2, 0) is 4.74 Å². The van der Waals surface area contributed by atoms with Gasteiger partial charge >= 0.3 is 0 Å². The SMILES string of the molecule is COc1nc(Cl)nc(C=N)c1NCCC(=N)OC(C)=N. The molecule has 0 unspecified atom stereocenters. The van der Waals surface area contributed by atoms with E-state index in [0.717, 1.165) is 6.21 Å². The molecular weight excluding hydrogens is 284 g/mol. The number of nitrogens with one attached hydrogen (secondary N) is 4. The maximum absolute atomic E-state index is 7.48. The van der Waals surface area contributed by atoms with Gasteiger partial charge in [-0.2, -0.15) is 4.98 Å². The topological polar surface area (TPSA) is 128 Å². The third-order valence-electron chi connectivity index (χ3n) is 2.14. The van der Waals surface area contributed by atoms with Crippen LogP contribution in [0.4, 0.5) is 5.69 Å². The van der Waals surface area contributed by atoms with Gasteiger partial charge in [0.1, 0.15) is 11.4 Å². The second-order valence-electron chi connectivity index (χ2n) is 3.66. The summed E-state index contributed by atoms with van der Waals surface area (Å²) in [5.74, 6) is 0.150. The van der Waals surface area contributed by atoms with Gasteiger partial charge in [-0.1, -0.05) is 0 Å². The molecule has 0 aliphatic rings. The highest BCUT2D eigenvalue weighted by Crippen LogP contribution is 2.25. The lowest BCUT2D eigenvalue weighted by molar-refractivity contribution is 0.398. The van der Waals surface area contributed by atoms with Crippen molar-refractivity contribution in [3.8, 4) is 5.88 Å². The Morgan fingerprint density at radius 2 is 2.10 bits per heavy atom. The van der Waals surface area contributed by atoms with Crippen molar-refractivity contribution in [2.75, 3.05) is 19.0 Å². The fourth-order valence-electron chi connectivity index (χ4n) is 1.38. The first kappa shape index (κ1) is 15.8. The first-order chi connectivity index (χ1) is 9.47. The van der Waals surface area contributed by atoms with Gasteiger partial charge in [0.25, 0.3) is 0 Å². The summed E-state index contributed by atoms with van der Waals surface area (Å²) >= 11 is 5.71. The predicted octanol–water partition coefficient (Wildman–Crippen LogP) is 1.93. The summed E-state index contributed by atoms with van der Waals surface area (Å²) in [6, 6.07) is 0. The second-order valence-corrected chi connectivity index (χ2v) is 4.00. The lowest BCUT2D eigenvalue weighted by Crippen LogP contribution is -2.15. The summed E-state index contributed by atoms with van der Waals surface area (Å²) < 4.78 is 9.89. The van der Waals surface area contributed by atoms with Gasteiger partial charge in [0.15, 0.2) is 11.8 Å². The highest BCUT2D eigenvalue weighted by molar-refractivity contribution is 6.28. The van der Waals surface area contributed by atoms with E-state index in [-0.39, 0.29) is 35.1 Å². The van der Waals surface area contributed by atoms with Crippen molar-refractivity contribution in [3.63, 3.8) is 0 Å². The number of ether oxygens (including phenoxy) is 2. The molecule has 1 aromatic heterocycles. The highest BCUT2D eigenvalue weighted by atomic mass is 35.5. The van der Waals surface area contributed by atoms with Crippen LogP contribution in [0.2, 0.25) is 5.28 Å². The first-order valence-corrected chi connectivity index (χ1v) is 6.02. The van der Waals surface area contributed by atoms with Crippen LogP contribution in [0, 0.1) is 16.2 Å². The quantitative estimate of drug-likeness (QED) is 0.362. The molecule has 0 amide bonds. The Kier molecular flexibility index (Phi) is 5.85. The fourth-order valence-corrected chi connectivity index (χ4v) is 1.55. The Hall–Kier alpha value is -2.22. The van der Waals surface area contributed by atoms with E-state index in [0.29, 0.717) is 12.2 Å². The van der Waals surface area contributed by atoms with E-state index in [1.807, 2.05) is 0 Å². The molecule has 1 aromatic rings. The van der Waals surface area contributed by atoms with E-state index in [2.05, 4.69) is 15.3 Å². The molecule has 8 nitrogen and oxygen atoms in total. The van der Waals surface area contributed by atoms with Crippen LogP contribution in [0.3, 0.4) is 0 Å². The van der Waals surface area contributed by atoms with Crippen molar-refractivity contribution < 1.29 is 9.47 Å². The minimum Gasteiger partial charge on any atom is -0.479 e. The molecule has 0 atom stereocenters. The number of aromatic nitrogens is 2. The van der Waals surface area contributed by atoms with Crippen molar-refractivity contribution in [2.45, 2.75) is 13.3 Å². The zero-order valence-electron chi connectivity index (χ0n) is 11.1. The number of nitrogens with zero attached hydrogens (tertiary/aromatic N) is 2. The number of halogens is 1. The Bertz CT molecular complexity index is 534. The average molecular weight is 299 g/mol. The van der Waals surface area contributed by atoms with E-state index in [4.69, 9.17) is 37.3 Å². The van der Waals surface area contributed by atoms with Crippen LogP contribution in [0.1, 0.15) is 19.0 Å². The second kappa shape index (κ2) is 7.39. The minimum absolute atomic E-state index is 0.0126. The maximum atomic E-state index is 7.48. The molecule has 0 saturated heterocycles. The van der Waals surface area contributed by atoms with Gasteiger partial charge in [0, 0.05) is 26.1 Å². The molecule has 0 radical (unpaired) electrons. The lowest BCUT2D eigenvalue weighted by Gasteiger charge is -2.12. The first-order valence-electron chi connectivity index (χ1n) is 5.64. The molecule has 9 heteroatoms. The van der Waals surface area contributed by atoms with Crippen LogP contribution in [0.15, 0.2) is 0 Å². The third-order valence-corrected chi connectivity index (χ3v) is 2.31. The molecule has 0 fully saturated rings. The smallest absolute Gasteiger partial charge is 0.242 e. The van der Waals surface area contributed by atoms with E-state index in [1.165, 1.54) is 14.0 Å². The molecular formula is C11H15ClN6O2. The van der Waals surface area contributed by atoms with Gasteiger partial charge in [-0.25, -0.2) is 4.98 Å². The van der Waals surface area contributed by atoms with Gasteiger partial charge in [0.05, 0.1) is 7.11 Å². The fraction of sp³-hybridized carbons (Fsp3) is 0.364. The molecule has 0 aliphatic heterocycles. The molecule has 0 aromatic carbocycles. The number of methoxy groups -OCH3 is 1. The summed E-state index contributed by atoms with van der Waals surface area (Å²) in [6.07, 6.45) is 1.29. The van der Waals surface area contributed by atoms with Crippen molar-refractivity contribution >= 4 is 35.3 Å². The average Bonchev–Trinajstić information content (AvgIpc) is 2.38. The van der Waals surface area contributed by atoms with Crippen LogP contribution in [0.25, 0.3) is 0 Å². The van der Waals surface area contributed by atoms with Crippen LogP contribution >= 0.6 is 11.6 Å². The summed E-state index contributed by atoms with van der Waals surface area (Å²) in [7, 11) is 1.43. The Morgan fingerprint density at radius 1 is 1.40 bits per heavy atom. The molecule has 108 valence electrons. The van der Waals surface area contributed by atoms with Gasteiger partial charge in [0.2, 0.25) is 11.2 Å². The van der Waals surface area contributed by atoms with E-state index >= 15 is 0 Å². The van der Waals surface area contributed by atoms with E-state index in [1.54, 1.807) is 0 Å². The maximum Gasteiger partial charge on any atom is 0.242 e.